The first-order valence-electron chi connectivity index (χ1n) is 13.3. The Labute approximate surface area is 248 Å². The molecule has 1 aliphatic rings. The molecule has 0 unspecified atom stereocenters. The number of ketones is 1. The summed E-state index contributed by atoms with van der Waals surface area (Å²) in [6.07, 6.45) is 4.60. The smallest absolute Gasteiger partial charge is 0.410 e. The van der Waals surface area contributed by atoms with E-state index in [0.717, 1.165) is 6.42 Å². The monoisotopic (exact) mass is 593 g/mol. The van der Waals surface area contributed by atoms with Crippen LogP contribution in [0.1, 0.15) is 65.3 Å². The Morgan fingerprint density at radius 2 is 1.67 bits per heavy atom. The number of carbonyl (C=O) groups is 4. The van der Waals surface area contributed by atoms with Gasteiger partial charge in [0, 0.05) is 37.9 Å². The van der Waals surface area contributed by atoms with Gasteiger partial charge in [-0.1, -0.05) is 11.6 Å². The van der Waals surface area contributed by atoms with Crippen LogP contribution in [0.15, 0.2) is 48.9 Å². The van der Waals surface area contributed by atoms with Crippen molar-refractivity contribution in [2.75, 3.05) is 41.7 Å². The number of halogens is 1. The van der Waals surface area contributed by atoms with Gasteiger partial charge in [0.15, 0.2) is 5.78 Å². The van der Waals surface area contributed by atoms with Gasteiger partial charge in [0.2, 0.25) is 0 Å². The second-order valence-corrected chi connectivity index (χ2v) is 11.1. The van der Waals surface area contributed by atoms with Crippen molar-refractivity contribution < 1.29 is 23.9 Å². The average Bonchev–Trinajstić information content (AvgIpc) is 3.20. The van der Waals surface area contributed by atoms with Crippen LogP contribution in [0.5, 0.6) is 0 Å². The highest BCUT2D eigenvalue weighted by molar-refractivity contribution is 6.30. The number of hydrogen-bond acceptors (Lipinski definition) is 9. The molecule has 3 aromatic rings. The van der Waals surface area contributed by atoms with Crippen molar-refractivity contribution in [2.24, 2.45) is 0 Å². The molecule has 42 heavy (non-hydrogen) atoms. The number of rotatable bonds is 6. The second-order valence-electron chi connectivity index (χ2n) is 10.7. The van der Waals surface area contributed by atoms with Gasteiger partial charge < -0.3 is 25.2 Å². The Morgan fingerprint density at radius 3 is 2.31 bits per heavy atom. The molecule has 12 nitrogen and oxygen atoms in total. The molecule has 13 heteroatoms. The number of benzene rings is 1. The van der Waals surface area contributed by atoms with Crippen LogP contribution < -0.4 is 15.5 Å². The molecule has 1 aromatic carbocycles. The minimum absolute atomic E-state index is 0.0327. The van der Waals surface area contributed by atoms with Gasteiger partial charge in [0.25, 0.3) is 11.8 Å². The molecule has 0 bridgehead atoms. The summed E-state index contributed by atoms with van der Waals surface area (Å²) >= 11 is 5.87. The van der Waals surface area contributed by atoms with Crippen molar-refractivity contribution in [3.63, 3.8) is 0 Å². The summed E-state index contributed by atoms with van der Waals surface area (Å²) in [6.45, 7) is 9.09. The number of pyridine rings is 1. The second kappa shape index (κ2) is 12.9. The minimum Gasteiger partial charge on any atom is -0.444 e. The quantitative estimate of drug-likeness (QED) is 0.389. The van der Waals surface area contributed by atoms with Crippen LogP contribution in [0, 0.1) is 0 Å². The number of nitrogens with one attached hydrogen (secondary N) is 2. The Kier molecular flexibility index (Phi) is 9.36. The third kappa shape index (κ3) is 8.00. The molecule has 1 aliphatic heterocycles. The van der Waals surface area contributed by atoms with Gasteiger partial charge in [0.05, 0.1) is 28.7 Å². The van der Waals surface area contributed by atoms with E-state index in [1.807, 2.05) is 25.7 Å². The van der Waals surface area contributed by atoms with Crippen molar-refractivity contribution in [1.82, 2.24) is 19.9 Å². The molecule has 0 aliphatic carbocycles. The lowest BCUT2D eigenvalue weighted by Gasteiger charge is -2.26. The van der Waals surface area contributed by atoms with E-state index in [4.69, 9.17) is 16.3 Å². The number of ether oxygens (including phenoxy) is 1. The molecule has 4 rings (SSSR count). The third-order valence-corrected chi connectivity index (χ3v) is 6.45. The number of amides is 3. The molecule has 0 saturated carbocycles. The first-order valence-corrected chi connectivity index (χ1v) is 13.7. The highest BCUT2D eigenvalue weighted by Crippen LogP contribution is 2.22. The van der Waals surface area contributed by atoms with Gasteiger partial charge in [0.1, 0.15) is 22.9 Å². The van der Waals surface area contributed by atoms with Gasteiger partial charge in [-0.05, 0) is 64.4 Å². The van der Waals surface area contributed by atoms with Crippen molar-refractivity contribution in [3.05, 3.63) is 70.8 Å². The van der Waals surface area contributed by atoms with Gasteiger partial charge in [-0.3, -0.25) is 14.4 Å². The van der Waals surface area contributed by atoms with E-state index < -0.39 is 17.4 Å². The average molecular weight is 594 g/mol. The Morgan fingerprint density at radius 1 is 0.881 bits per heavy atom. The van der Waals surface area contributed by atoms with Gasteiger partial charge in [-0.15, -0.1) is 0 Å². The molecule has 0 spiro atoms. The Balaban J connectivity index is 1.45. The summed E-state index contributed by atoms with van der Waals surface area (Å²) < 4.78 is 5.49. The zero-order valence-corrected chi connectivity index (χ0v) is 24.6. The lowest BCUT2D eigenvalue weighted by molar-refractivity contribution is 0.0263. The van der Waals surface area contributed by atoms with E-state index in [9.17, 15) is 19.2 Å². The standard InChI is InChI=1S/C29H32ClN7O5/c1-18(38)19-6-8-22(21(14-19)26(39)35-24-9-7-20(30)15-32-24)34-27(40)23-16-33-25(17-31-23)36-10-5-11-37(13-12-36)28(41)42-29(2,3)4/h6-9,14-17H,5,10-13H2,1-4H3,(H,34,40)(H,32,35,39). The van der Waals surface area contributed by atoms with E-state index in [2.05, 4.69) is 25.6 Å². The molecular weight excluding hydrogens is 562 g/mol. The molecular formula is C29H32ClN7O5. The molecule has 1 fully saturated rings. The molecule has 2 aromatic heterocycles. The molecule has 1 saturated heterocycles. The topological polar surface area (TPSA) is 147 Å². The molecule has 2 N–H and O–H groups in total. The minimum atomic E-state index is -0.588. The Hall–Kier alpha value is -4.58. The zero-order chi connectivity index (χ0) is 30.4. The maximum absolute atomic E-state index is 13.1. The largest absolute Gasteiger partial charge is 0.444 e. The predicted molar refractivity (Wildman–Crippen MR) is 158 cm³/mol. The summed E-state index contributed by atoms with van der Waals surface area (Å²) in [5, 5.41) is 5.73. The van der Waals surface area contributed by atoms with E-state index in [-0.39, 0.29) is 34.6 Å². The lowest BCUT2D eigenvalue weighted by Crippen LogP contribution is -2.39. The van der Waals surface area contributed by atoms with Gasteiger partial charge in [-0.2, -0.15) is 0 Å². The zero-order valence-electron chi connectivity index (χ0n) is 23.8. The summed E-state index contributed by atoms with van der Waals surface area (Å²) in [7, 11) is 0. The van der Waals surface area contributed by atoms with E-state index in [1.54, 1.807) is 11.0 Å². The molecule has 0 atom stereocenters. The fourth-order valence-corrected chi connectivity index (χ4v) is 4.25. The number of Topliss-reactive ketones (excluding diaryl/α,β-unsaturated/α-hetero) is 1. The molecule has 0 radical (unpaired) electrons. The Bertz CT molecular complexity index is 1470. The fraction of sp³-hybridized carbons (Fsp3) is 0.345. The van der Waals surface area contributed by atoms with E-state index in [1.165, 1.54) is 49.8 Å². The maximum atomic E-state index is 13.1. The van der Waals surface area contributed by atoms with Crippen LogP contribution in [0.2, 0.25) is 5.02 Å². The number of hydrogen-bond donors (Lipinski definition) is 2. The van der Waals surface area contributed by atoms with Crippen molar-refractivity contribution in [2.45, 2.75) is 39.7 Å². The molecule has 3 heterocycles. The van der Waals surface area contributed by atoms with Crippen LogP contribution in [0.25, 0.3) is 0 Å². The van der Waals surface area contributed by atoms with Crippen LogP contribution in [0.4, 0.5) is 22.1 Å². The predicted octanol–water partition coefficient (Wildman–Crippen LogP) is 4.68. The number of nitrogens with zero attached hydrogens (tertiary/aromatic N) is 5. The van der Waals surface area contributed by atoms with Crippen LogP contribution in [0.3, 0.4) is 0 Å². The highest BCUT2D eigenvalue weighted by atomic mass is 35.5. The molecule has 3 amide bonds. The number of aromatic nitrogens is 3. The van der Waals surface area contributed by atoms with Crippen molar-refractivity contribution in [3.8, 4) is 0 Å². The number of anilines is 3. The summed E-state index contributed by atoms with van der Waals surface area (Å²) in [6, 6.07) is 7.50. The number of carbonyl (C=O) groups excluding carboxylic acids is 4. The van der Waals surface area contributed by atoms with Crippen LogP contribution >= 0.6 is 11.6 Å². The third-order valence-electron chi connectivity index (χ3n) is 6.23. The SMILES string of the molecule is CC(=O)c1ccc(NC(=O)c2cnc(N3CCCN(C(=O)OC(C)(C)C)CC3)cn2)c(C(=O)Nc2ccc(Cl)cn2)c1. The first kappa shape index (κ1) is 30.4. The van der Waals surface area contributed by atoms with Crippen molar-refractivity contribution >= 4 is 52.6 Å². The van der Waals surface area contributed by atoms with Crippen LogP contribution in [-0.2, 0) is 4.74 Å². The summed E-state index contributed by atoms with van der Waals surface area (Å²) in [5.41, 5.74) is 0.00626. The van der Waals surface area contributed by atoms with Crippen molar-refractivity contribution in [1.29, 1.82) is 0 Å². The van der Waals surface area contributed by atoms with E-state index >= 15 is 0 Å². The summed E-state index contributed by atoms with van der Waals surface area (Å²) in [5.74, 6) is -0.588. The molecule has 220 valence electrons. The lowest BCUT2D eigenvalue weighted by atomic mass is 10.0. The normalized spacial score (nSPS) is 13.6. The van der Waals surface area contributed by atoms with Gasteiger partial charge >= 0.3 is 6.09 Å². The summed E-state index contributed by atoms with van der Waals surface area (Å²) in [4.78, 5) is 67.0. The van der Waals surface area contributed by atoms with E-state index in [0.29, 0.717) is 42.6 Å². The fourth-order valence-electron chi connectivity index (χ4n) is 4.14. The first-order chi connectivity index (χ1) is 19.9. The maximum Gasteiger partial charge on any atom is 0.410 e. The van der Waals surface area contributed by atoms with Gasteiger partial charge in [-0.25, -0.2) is 19.7 Å². The highest BCUT2D eigenvalue weighted by Gasteiger charge is 2.25. The van der Waals surface area contributed by atoms with Crippen LogP contribution in [-0.4, -0.2) is 75.3 Å².